The van der Waals surface area contributed by atoms with Gasteiger partial charge in [-0.05, 0) is 12.5 Å². The van der Waals surface area contributed by atoms with Crippen LogP contribution in [0, 0.1) is 5.92 Å². The van der Waals surface area contributed by atoms with E-state index < -0.39 is 18.0 Å². The number of aliphatic hydroxyl groups is 1. The summed E-state index contributed by atoms with van der Waals surface area (Å²) in [7, 11) is 1.32. The summed E-state index contributed by atoms with van der Waals surface area (Å²) in [5, 5.41) is 10.1. The number of ether oxygens (including phenoxy) is 1. The van der Waals surface area contributed by atoms with Crippen LogP contribution < -0.4 is 0 Å². The molecule has 0 amide bonds. The van der Waals surface area contributed by atoms with Crippen molar-refractivity contribution in [1.82, 2.24) is 0 Å². The molecule has 0 aliphatic heterocycles. The first-order valence-corrected chi connectivity index (χ1v) is 5.14. The maximum Gasteiger partial charge on any atom is 0.315 e. The molecule has 0 heterocycles. The number of hydrogen-bond acceptors (Lipinski definition) is 3. The molecule has 0 unspecified atom stereocenters. The van der Waals surface area contributed by atoms with Crippen molar-refractivity contribution in [2.75, 3.05) is 7.11 Å². The molecule has 0 aliphatic carbocycles. The molecule has 1 aromatic rings. The third kappa shape index (κ3) is 2.94. The van der Waals surface area contributed by atoms with E-state index in [1.807, 2.05) is 18.2 Å². The highest BCUT2D eigenvalue weighted by atomic mass is 16.5. The summed E-state index contributed by atoms with van der Waals surface area (Å²) in [6.45, 7) is 1.80. The molecule has 86 valence electrons. The van der Waals surface area contributed by atoms with Gasteiger partial charge in [0, 0.05) is 0 Å². The Hall–Kier alpha value is -1.61. The average Bonchev–Trinajstić information content (AvgIpc) is 2.35. The molecule has 1 N–H and O–H groups in total. The van der Waals surface area contributed by atoms with Gasteiger partial charge in [0.2, 0.25) is 0 Å². The molecule has 1 rings (SSSR count). The summed E-state index contributed by atoms with van der Waals surface area (Å²) in [4.78, 5) is 11.5. The number of esters is 1. The Kier molecular flexibility index (Phi) is 4.73. The molecular formula is C13H16O3. The highest BCUT2D eigenvalue weighted by Crippen LogP contribution is 2.24. The van der Waals surface area contributed by atoms with Crippen molar-refractivity contribution in [2.24, 2.45) is 5.92 Å². The lowest BCUT2D eigenvalue weighted by Gasteiger charge is -2.17. The average molecular weight is 220 g/mol. The quantitative estimate of drug-likeness (QED) is 0.624. The van der Waals surface area contributed by atoms with E-state index >= 15 is 0 Å². The van der Waals surface area contributed by atoms with Crippen molar-refractivity contribution < 1.29 is 14.6 Å². The van der Waals surface area contributed by atoms with E-state index in [9.17, 15) is 9.90 Å². The third-order valence-electron chi connectivity index (χ3n) is 2.35. The molecule has 0 fully saturated rings. The Bertz CT molecular complexity index is 357. The van der Waals surface area contributed by atoms with E-state index in [4.69, 9.17) is 0 Å². The second kappa shape index (κ2) is 6.08. The van der Waals surface area contributed by atoms with Gasteiger partial charge in [0.1, 0.15) is 5.92 Å². The van der Waals surface area contributed by atoms with Crippen LogP contribution in [0.15, 0.2) is 42.5 Å². The lowest BCUT2D eigenvalue weighted by atomic mass is 9.95. The summed E-state index contributed by atoms with van der Waals surface area (Å²) < 4.78 is 4.66. The Morgan fingerprint density at radius 2 is 2.00 bits per heavy atom. The van der Waals surface area contributed by atoms with Gasteiger partial charge in [-0.2, -0.15) is 0 Å². The maximum absolute atomic E-state index is 11.5. The molecule has 0 saturated heterocycles. The molecule has 0 saturated carbocycles. The van der Waals surface area contributed by atoms with Gasteiger partial charge in [-0.25, -0.2) is 0 Å². The van der Waals surface area contributed by atoms with Crippen LogP contribution in [0.1, 0.15) is 18.6 Å². The van der Waals surface area contributed by atoms with Gasteiger partial charge in [-0.1, -0.05) is 42.5 Å². The fraction of sp³-hybridized carbons (Fsp3) is 0.308. The Morgan fingerprint density at radius 3 is 2.50 bits per heavy atom. The zero-order chi connectivity index (χ0) is 12.0. The maximum atomic E-state index is 11.5. The lowest BCUT2D eigenvalue weighted by Crippen LogP contribution is -2.21. The highest BCUT2D eigenvalue weighted by Gasteiger charge is 2.25. The van der Waals surface area contributed by atoms with Gasteiger partial charge in [0.25, 0.3) is 0 Å². The van der Waals surface area contributed by atoms with Gasteiger partial charge in [-0.15, -0.1) is 0 Å². The monoisotopic (exact) mass is 220 g/mol. The number of aliphatic hydroxyl groups excluding tert-OH is 1. The van der Waals surface area contributed by atoms with Crippen molar-refractivity contribution >= 4 is 5.97 Å². The first kappa shape index (κ1) is 12.5. The van der Waals surface area contributed by atoms with E-state index in [1.165, 1.54) is 7.11 Å². The third-order valence-corrected chi connectivity index (χ3v) is 2.35. The van der Waals surface area contributed by atoms with Gasteiger partial charge in [0.05, 0.1) is 13.2 Å². The van der Waals surface area contributed by atoms with Crippen LogP contribution in [0.4, 0.5) is 0 Å². The summed E-state index contributed by atoms with van der Waals surface area (Å²) in [6.07, 6.45) is 2.50. The minimum absolute atomic E-state index is 0.436. The van der Waals surface area contributed by atoms with Crippen LogP contribution in [0.25, 0.3) is 0 Å². The minimum atomic E-state index is -0.871. The van der Waals surface area contributed by atoms with E-state index in [2.05, 4.69) is 4.74 Å². The van der Waals surface area contributed by atoms with Crippen LogP contribution >= 0.6 is 0 Å². The molecule has 3 heteroatoms. The number of benzene rings is 1. The summed E-state index contributed by atoms with van der Waals surface area (Å²) in [5.74, 6) is -1.09. The highest BCUT2D eigenvalue weighted by molar-refractivity contribution is 5.75. The SMILES string of the molecule is C/C=C/[C@H](C(=O)OC)[C@@H](O)c1ccccc1. The molecular weight excluding hydrogens is 204 g/mol. The molecule has 3 nitrogen and oxygen atoms in total. The van der Waals surface area contributed by atoms with Crippen LogP contribution in [0.5, 0.6) is 0 Å². The van der Waals surface area contributed by atoms with Gasteiger partial charge < -0.3 is 9.84 Å². The van der Waals surface area contributed by atoms with E-state index in [-0.39, 0.29) is 0 Å². The van der Waals surface area contributed by atoms with E-state index in [1.54, 1.807) is 31.2 Å². The largest absolute Gasteiger partial charge is 0.468 e. The second-order valence-electron chi connectivity index (χ2n) is 3.43. The van der Waals surface area contributed by atoms with Crippen LogP contribution in [-0.2, 0) is 9.53 Å². The van der Waals surface area contributed by atoms with E-state index in [0.29, 0.717) is 5.56 Å². The van der Waals surface area contributed by atoms with Crippen molar-refractivity contribution in [3.8, 4) is 0 Å². The van der Waals surface area contributed by atoms with Gasteiger partial charge in [-0.3, -0.25) is 4.79 Å². The predicted octanol–water partition coefficient (Wildman–Crippen LogP) is 2.09. The zero-order valence-corrected chi connectivity index (χ0v) is 9.46. The Balaban J connectivity index is 2.91. The zero-order valence-electron chi connectivity index (χ0n) is 9.46. The van der Waals surface area contributed by atoms with Crippen molar-refractivity contribution in [3.63, 3.8) is 0 Å². The first-order valence-electron chi connectivity index (χ1n) is 5.14. The first-order chi connectivity index (χ1) is 7.70. The standard InChI is InChI=1S/C13H16O3/c1-3-7-11(13(15)16-2)12(14)10-8-5-4-6-9-10/h3-9,11-12,14H,1-2H3/b7-3+/t11-,12-/m0/s1. The molecule has 0 spiro atoms. The number of carbonyl (C=O) groups is 1. The predicted molar refractivity (Wildman–Crippen MR) is 61.7 cm³/mol. The van der Waals surface area contributed by atoms with Gasteiger partial charge >= 0.3 is 5.97 Å². The van der Waals surface area contributed by atoms with Crippen molar-refractivity contribution in [1.29, 1.82) is 0 Å². The number of methoxy groups -OCH3 is 1. The number of carbonyl (C=O) groups excluding carboxylic acids is 1. The summed E-state index contributed by atoms with van der Waals surface area (Å²) >= 11 is 0. The Morgan fingerprint density at radius 1 is 1.38 bits per heavy atom. The van der Waals surface area contributed by atoms with Crippen molar-refractivity contribution in [3.05, 3.63) is 48.0 Å². The molecule has 16 heavy (non-hydrogen) atoms. The molecule has 0 aliphatic rings. The minimum Gasteiger partial charge on any atom is -0.468 e. The Labute approximate surface area is 95.4 Å². The van der Waals surface area contributed by atoms with Gasteiger partial charge in [0.15, 0.2) is 0 Å². The number of allylic oxidation sites excluding steroid dienone is 1. The number of hydrogen-bond donors (Lipinski definition) is 1. The van der Waals surface area contributed by atoms with Crippen LogP contribution in [-0.4, -0.2) is 18.2 Å². The van der Waals surface area contributed by atoms with E-state index in [0.717, 1.165) is 0 Å². The summed E-state index contributed by atoms with van der Waals surface area (Å²) in [5.41, 5.74) is 0.705. The van der Waals surface area contributed by atoms with Crippen LogP contribution in [0.3, 0.4) is 0 Å². The second-order valence-corrected chi connectivity index (χ2v) is 3.43. The molecule has 0 aromatic heterocycles. The lowest BCUT2D eigenvalue weighted by molar-refractivity contribution is -0.147. The normalized spacial score (nSPS) is 14.7. The molecule has 0 bridgehead atoms. The van der Waals surface area contributed by atoms with Crippen LogP contribution in [0.2, 0.25) is 0 Å². The molecule has 2 atom stereocenters. The fourth-order valence-electron chi connectivity index (χ4n) is 1.51. The molecule has 0 radical (unpaired) electrons. The fourth-order valence-corrected chi connectivity index (χ4v) is 1.51. The molecule has 1 aromatic carbocycles. The topological polar surface area (TPSA) is 46.5 Å². The van der Waals surface area contributed by atoms with Crippen molar-refractivity contribution in [2.45, 2.75) is 13.0 Å². The summed E-state index contributed by atoms with van der Waals surface area (Å²) in [6, 6.07) is 9.07. The smallest absolute Gasteiger partial charge is 0.315 e. The number of rotatable bonds is 4.